The van der Waals surface area contributed by atoms with Crippen LogP contribution in [0.1, 0.15) is 84.3 Å². The fourth-order valence-electron chi connectivity index (χ4n) is 9.36. The van der Waals surface area contributed by atoms with Crippen molar-refractivity contribution < 1.29 is 27.5 Å². The van der Waals surface area contributed by atoms with Crippen LogP contribution in [-0.4, -0.2) is 127 Å². The highest BCUT2D eigenvalue weighted by molar-refractivity contribution is 7.94. The summed E-state index contributed by atoms with van der Waals surface area (Å²) in [5.41, 5.74) is 23.3. The number of hydrogen-bond donors (Lipinski definition) is 7. The predicted octanol–water partition coefficient (Wildman–Crippen LogP) is 5.55. The molecule has 13 rings (SSSR count). The van der Waals surface area contributed by atoms with Gasteiger partial charge >= 0.3 is 6.09 Å². The lowest BCUT2D eigenvalue weighted by atomic mass is 10.2. The molecule has 416 valence electrons. The monoisotopic (exact) mass is 1130 g/mol. The first-order chi connectivity index (χ1) is 36.3. The third kappa shape index (κ3) is 12.6. The lowest BCUT2D eigenvalue weighted by molar-refractivity contribution is 0.0194. The number of aromatic nitrogens is 10. The van der Waals surface area contributed by atoms with Gasteiger partial charge in [0, 0.05) is 78.8 Å². The number of halogens is 2. The van der Waals surface area contributed by atoms with E-state index < -0.39 is 20.4 Å². The van der Waals surface area contributed by atoms with Gasteiger partial charge in [0.05, 0.1) is 73.3 Å². The number of aromatic amines is 2. The van der Waals surface area contributed by atoms with Crippen LogP contribution < -0.4 is 27.2 Å². The zero-order valence-corrected chi connectivity index (χ0v) is 46.3. The van der Waals surface area contributed by atoms with Gasteiger partial charge in [-0.25, -0.2) is 13.2 Å². The minimum Gasteiger partial charge on any atom is -0.444 e. The molecule has 8 aromatic rings. The summed E-state index contributed by atoms with van der Waals surface area (Å²) >= 11 is 0. The van der Waals surface area contributed by atoms with E-state index in [1.165, 1.54) is 5.69 Å². The Morgan fingerprint density at radius 2 is 1.04 bits per heavy atom. The topological polar surface area (TPSA) is 309 Å². The quantitative estimate of drug-likeness (QED) is 0.111. The van der Waals surface area contributed by atoms with Crippen LogP contribution in [0.3, 0.4) is 0 Å². The van der Waals surface area contributed by atoms with Crippen LogP contribution in [0.5, 0.6) is 0 Å². The second-order valence-corrected chi connectivity index (χ2v) is 22.9. The Kier molecular flexibility index (Phi) is 16.4. The Morgan fingerprint density at radius 3 is 1.51 bits per heavy atom. The Hall–Kier alpha value is -7.74. The summed E-state index contributed by atoms with van der Waals surface area (Å²) in [6.45, 7) is 15.2. The van der Waals surface area contributed by atoms with Crippen molar-refractivity contribution in [1.82, 2.24) is 69.1 Å². The fourth-order valence-corrected chi connectivity index (χ4v) is 10.6. The summed E-state index contributed by atoms with van der Waals surface area (Å²) in [5.74, 6) is 1.88. The van der Waals surface area contributed by atoms with Crippen LogP contribution in [0.25, 0.3) is 21.8 Å². The predicted molar refractivity (Wildman–Crippen MR) is 301 cm³/mol. The molecule has 5 aliphatic rings. The molecule has 1 aliphatic carbocycles. The van der Waals surface area contributed by atoms with E-state index in [4.69, 9.17) is 21.9 Å². The molecule has 0 atom stereocenters. The number of nitrogens with two attached hydrogens (primary N) is 3. The molecule has 1 fully saturated rings. The molecular weight excluding hydrogens is 1060 g/mol. The molecule has 0 spiro atoms. The lowest BCUT2D eigenvalue weighted by Crippen LogP contribution is -2.41. The zero-order chi connectivity index (χ0) is 53.5. The molecule has 6 aromatic heterocycles. The maximum atomic E-state index is 12.9. The standard InChI is InChI=1S/C19H21N5O3S.C15H15N5O.C11H18N4O2.C6H10N4.2ClH/c1-19(6-7-19)28(26,27)22-17-11-14-12-23(8-9-24(14)21-17)18(25)16-10-13-4-2-3-5-15(13)20-16;16-14-8-11-9-19(5-6-20(11)18-14)15(21)13-7-10-3-1-2-4-12(10)17-13;1-11(2,3)17-10(16)14-4-5-15-8(7-14)6-9(12)13-15;7-6-3-5-4-8-1-2-10(5)9-6;;/h2-5,10-11,20H,6-9,12H2,1H3,(H,21,22);1-4,7-8,17H,5-6,9H2,(H2,16,18);6H,4-5,7H2,1-3H3,(H2,12,13);3,8H,1-2,4H2,(H2,7,9);2*1H. The van der Waals surface area contributed by atoms with Crippen LogP contribution in [-0.2, 0) is 67.1 Å². The number of carbonyl (C=O) groups is 3. The van der Waals surface area contributed by atoms with Gasteiger partial charge in [0.25, 0.3) is 11.8 Å². The van der Waals surface area contributed by atoms with Gasteiger partial charge in [-0.05, 0) is 64.8 Å². The minimum atomic E-state index is -3.44. The number of nitrogens with zero attached hydrogens (tertiary/aromatic N) is 11. The molecular formula is C51H66Cl2N18O6S. The summed E-state index contributed by atoms with van der Waals surface area (Å²) in [6.07, 6.45) is 1.05. The van der Waals surface area contributed by atoms with Crippen molar-refractivity contribution >= 4 is 97.8 Å². The number of fused-ring (bicyclic) bond motifs is 6. The molecule has 2 aromatic carbocycles. The first-order valence-corrected chi connectivity index (χ1v) is 26.7. The van der Waals surface area contributed by atoms with E-state index in [0.717, 1.165) is 58.5 Å². The van der Waals surface area contributed by atoms with E-state index in [-0.39, 0.29) is 42.7 Å². The van der Waals surface area contributed by atoms with Crippen molar-refractivity contribution in [2.75, 3.05) is 48.1 Å². The molecule has 10 heterocycles. The second-order valence-electron chi connectivity index (χ2n) is 20.7. The molecule has 24 nitrogen and oxygen atoms in total. The Labute approximate surface area is 462 Å². The first kappa shape index (κ1) is 56.5. The normalized spacial score (nSPS) is 15.9. The SMILES string of the molecule is CC(C)(C)OC(=O)N1CCn2nc(N)cc2C1.CC1(S(=O)(=O)Nc2cc3n(n2)CCN(C(=O)c2cc4ccccc4[nH]2)C3)CC1.Cl.Cl.Nc1cc2n(n1)CCN(C(=O)c1cc3ccccc3[nH]1)C2.Nc1cc2n(n1)CCNC2. The summed E-state index contributed by atoms with van der Waals surface area (Å²) in [5, 5.41) is 22.1. The molecule has 10 N–H and O–H groups in total. The number of rotatable bonds is 5. The number of nitrogens with one attached hydrogen (secondary N) is 4. The van der Waals surface area contributed by atoms with Crippen LogP contribution in [0, 0.1) is 0 Å². The molecule has 0 radical (unpaired) electrons. The van der Waals surface area contributed by atoms with E-state index in [1.807, 2.05) is 113 Å². The maximum Gasteiger partial charge on any atom is 0.410 e. The van der Waals surface area contributed by atoms with E-state index in [9.17, 15) is 22.8 Å². The van der Waals surface area contributed by atoms with Gasteiger partial charge in [-0.15, -0.1) is 24.8 Å². The largest absolute Gasteiger partial charge is 0.444 e. The van der Waals surface area contributed by atoms with Crippen molar-refractivity contribution in [3.05, 3.63) is 119 Å². The fraction of sp³-hybridized carbons (Fsp3) is 0.392. The number of H-pyrrole nitrogens is 2. The Morgan fingerprint density at radius 1 is 0.603 bits per heavy atom. The molecule has 0 unspecified atom stereocenters. The summed E-state index contributed by atoms with van der Waals surface area (Å²) in [6, 6.07) is 26.7. The highest BCUT2D eigenvalue weighted by Gasteiger charge is 2.50. The Balaban J connectivity index is 0.000000143. The van der Waals surface area contributed by atoms with Gasteiger partial charge in [-0.3, -0.25) is 33.0 Å². The molecule has 0 bridgehead atoms. The Bertz CT molecular complexity index is 3480. The average Bonchev–Trinajstić information content (AvgIpc) is 4.21. The third-order valence-electron chi connectivity index (χ3n) is 13.7. The number of hydrogen-bond acceptors (Lipinski definition) is 14. The highest BCUT2D eigenvalue weighted by atomic mass is 35.5. The van der Waals surface area contributed by atoms with E-state index in [0.29, 0.717) is 106 Å². The number of para-hydroxylation sites is 2. The summed E-state index contributed by atoms with van der Waals surface area (Å²) in [7, 11) is -3.44. The number of carbonyl (C=O) groups excluding carboxylic acids is 3. The molecule has 3 amide bonds. The molecule has 78 heavy (non-hydrogen) atoms. The van der Waals surface area contributed by atoms with Gasteiger partial charge in [0.1, 0.15) is 34.4 Å². The van der Waals surface area contributed by atoms with Gasteiger partial charge in [-0.1, -0.05) is 36.4 Å². The van der Waals surface area contributed by atoms with Gasteiger partial charge < -0.3 is 51.9 Å². The maximum absolute atomic E-state index is 12.9. The summed E-state index contributed by atoms with van der Waals surface area (Å²) < 4.78 is 39.5. The van der Waals surface area contributed by atoms with Crippen molar-refractivity contribution in [3.63, 3.8) is 0 Å². The number of sulfonamides is 1. The third-order valence-corrected chi connectivity index (χ3v) is 15.9. The number of benzene rings is 2. The number of ether oxygens (including phenoxy) is 1. The zero-order valence-electron chi connectivity index (χ0n) is 43.8. The van der Waals surface area contributed by atoms with E-state index in [2.05, 4.69) is 40.4 Å². The van der Waals surface area contributed by atoms with E-state index >= 15 is 0 Å². The van der Waals surface area contributed by atoms with Crippen LogP contribution in [0.2, 0.25) is 0 Å². The van der Waals surface area contributed by atoms with Gasteiger partial charge in [-0.2, -0.15) is 20.4 Å². The smallest absolute Gasteiger partial charge is 0.410 e. The minimum absolute atomic E-state index is 0. The average molecular weight is 1130 g/mol. The second kappa shape index (κ2) is 22.7. The first-order valence-electron chi connectivity index (χ1n) is 25.2. The van der Waals surface area contributed by atoms with Gasteiger partial charge in [0.2, 0.25) is 10.0 Å². The molecule has 0 saturated heterocycles. The van der Waals surface area contributed by atoms with Crippen LogP contribution in [0.15, 0.2) is 84.9 Å². The van der Waals surface area contributed by atoms with Gasteiger partial charge in [0.15, 0.2) is 5.82 Å². The van der Waals surface area contributed by atoms with Crippen molar-refractivity contribution in [1.29, 1.82) is 0 Å². The van der Waals surface area contributed by atoms with E-state index in [1.54, 1.807) is 33.5 Å². The van der Waals surface area contributed by atoms with Crippen LogP contribution >= 0.6 is 24.8 Å². The van der Waals surface area contributed by atoms with Crippen molar-refractivity contribution in [2.45, 2.75) is 103 Å². The lowest BCUT2D eigenvalue weighted by Gasteiger charge is -2.30. The van der Waals surface area contributed by atoms with Crippen LogP contribution in [0.4, 0.5) is 28.1 Å². The number of nitrogen functional groups attached to an aromatic ring is 3. The van der Waals surface area contributed by atoms with Crippen molar-refractivity contribution in [2.24, 2.45) is 0 Å². The summed E-state index contributed by atoms with van der Waals surface area (Å²) in [4.78, 5) is 49.0. The molecule has 1 saturated carbocycles. The molecule has 4 aliphatic heterocycles. The number of amides is 3. The highest BCUT2D eigenvalue weighted by Crippen LogP contribution is 2.43. The molecule has 27 heteroatoms. The van der Waals surface area contributed by atoms with Crippen molar-refractivity contribution in [3.8, 4) is 0 Å². The number of anilines is 4.